The van der Waals surface area contributed by atoms with Gasteiger partial charge in [0, 0.05) is 31.7 Å². The summed E-state index contributed by atoms with van der Waals surface area (Å²) >= 11 is 11.9. The second kappa shape index (κ2) is 8.39. The molecule has 1 aliphatic rings. The highest BCUT2D eigenvalue weighted by Gasteiger charge is 2.31. The number of rotatable bonds is 4. The lowest BCUT2D eigenvalue weighted by atomic mass is 10.1. The molecule has 0 bridgehead atoms. The average molecular weight is 465 g/mol. The smallest absolute Gasteiger partial charge is 0.257 e. The van der Waals surface area contributed by atoms with Gasteiger partial charge in [0.15, 0.2) is 0 Å². The molecule has 0 aliphatic carbocycles. The number of H-pyrrole nitrogens is 1. The van der Waals surface area contributed by atoms with Crippen LogP contribution in [0.5, 0.6) is 0 Å². The van der Waals surface area contributed by atoms with Crippen molar-refractivity contribution in [3.63, 3.8) is 0 Å². The summed E-state index contributed by atoms with van der Waals surface area (Å²) in [6.07, 6.45) is 1.50. The Morgan fingerprint density at radius 3 is 2.33 bits per heavy atom. The Labute approximate surface area is 184 Å². The van der Waals surface area contributed by atoms with Gasteiger partial charge in [-0.3, -0.25) is 9.89 Å². The predicted molar refractivity (Wildman–Crippen MR) is 115 cm³/mol. The maximum absolute atomic E-state index is 13.0. The van der Waals surface area contributed by atoms with E-state index in [2.05, 4.69) is 10.2 Å². The molecule has 0 saturated carbocycles. The average Bonchev–Trinajstić information content (AvgIpc) is 3.25. The highest BCUT2D eigenvalue weighted by molar-refractivity contribution is 7.89. The van der Waals surface area contributed by atoms with Crippen LogP contribution in [-0.2, 0) is 10.0 Å². The molecule has 3 aromatic rings. The van der Waals surface area contributed by atoms with Gasteiger partial charge in [-0.1, -0.05) is 53.5 Å². The molecule has 0 radical (unpaired) electrons. The quantitative estimate of drug-likeness (QED) is 0.639. The molecule has 0 unspecified atom stereocenters. The van der Waals surface area contributed by atoms with Crippen LogP contribution in [0.3, 0.4) is 0 Å². The van der Waals surface area contributed by atoms with E-state index in [-0.39, 0.29) is 42.0 Å². The van der Waals surface area contributed by atoms with E-state index in [1.807, 2.05) is 30.3 Å². The van der Waals surface area contributed by atoms with Crippen LogP contribution >= 0.6 is 23.2 Å². The first-order chi connectivity index (χ1) is 14.4. The van der Waals surface area contributed by atoms with E-state index < -0.39 is 10.0 Å². The van der Waals surface area contributed by atoms with Crippen LogP contribution in [0.2, 0.25) is 10.0 Å². The minimum absolute atomic E-state index is 0.0814. The van der Waals surface area contributed by atoms with E-state index in [0.717, 1.165) is 5.56 Å². The molecule has 1 fully saturated rings. The minimum Gasteiger partial charge on any atom is -0.336 e. The van der Waals surface area contributed by atoms with Gasteiger partial charge in [-0.05, 0) is 18.2 Å². The predicted octanol–water partition coefficient (Wildman–Crippen LogP) is 3.53. The van der Waals surface area contributed by atoms with E-state index in [1.165, 1.54) is 28.7 Å². The summed E-state index contributed by atoms with van der Waals surface area (Å²) in [5, 5.41) is 7.37. The van der Waals surface area contributed by atoms with Crippen molar-refractivity contribution in [3.8, 4) is 11.3 Å². The molecule has 2 aromatic carbocycles. The summed E-state index contributed by atoms with van der Waals surface area (Å²) in [6.45, 7) is 0.928. The van der Waals surface area contributed by atoms with E-state index in [0.29, 0.717) is 16.3 Å². The number of nitrogens with zero attached hydrogens (tertiary/aromatic N) is 3. The first-order valence-corrected chi connectivity index (χ1v) is 11.4. The summed E-state index contributed by atoms with van der Waals surface area (Å²) in [5.41, 5.74) is 1.97. The van der Waals surface area contributed by atoms with Crippen LogP contribution in [0.15, 0.2) is 59.6 Å². The molecule has 1 amide bonds. The highest BCUT2D eigenvalue weighted by atomic mass is 35.5. The first kappa shape index (κ1) is 20.9. The number of halogens is 2. The lowest BCUT2D eigenvalue weighted by Crippen LogP contribution is -2.50. The lowest BCUT2D eigenvalue weighted by Gasteiger charge is -2.34. The molecule has 2 heterocycles. The van der Waals surface area contributed by atoms with Gasteiger partial charge in [0.1, 0.15) is 0 Å². The number of piperazine rings is 1. The van der Waals surface area contributed by atoms with Crippen molar-refractivity contribution in [3.05, 3.63) is 70.3 Å². The number of aromatic amines is 1. The van der Waals surface area contributed by atoms with Crippen LogP contribution in [-0.4, -0.2) is 59.9 Å². The summed E-state index contributed by atoms with van der Waals surface area (Å²) in [6, 6.07) is 13.7. The van der Waals surface area contributed by atoms with Crippen molar-refractivity contribution >= 4 is 39.1 Å². The van der Waals surface area contributed by atoms with Crippen LogP contribution in [0.4, 0.5) is 0 Å². The third-order valence-corrected chi connectivity index (χ3v) is 7.62. The van der Waals surface area contributed by atoms with Gasteiger partial charge in [0.2, 0.25) is 10.0 Å². The van der Waals surface area contributed by atoms with E-state index in [4.69, 9.17) is 23.2 Å². The van der Waals surface area contributed by atoms with E-state index in [9.17, 15) is 13.2 Å². The van der Waals surface area contributed by atoms with Crippen molar-refractivity contribution in [1.29, 1.82) is 0 Å². The fraction of sp³-hybridized carbons (Fsp3) is 0.200. The Balaban J connectivity index is 1.48. The molecule has 10 heteroatoms. The number of nitrogens with one attached hydrogen (secondary N) is 1. The standard InChI is InChI=1S/C20H18Cl2N4O3S/c21-17-7-6-15(12-18(17)22)30(28,29)26-10-8-25(9-11-26)20(27)16-13-23-24-19(16)14-4-2-1-3-5-14/h1-7,12-13H,8-11H2,(H,23,24). The van der Waals surface area contributed by atoms with Crippen LogP contribution in [0.1, 0.15) is 10.4 Å². The molecule has 1 aliphatic heterocycles. The summed E-state index contributed by atoms with van der Waals surface area (Å²) in [4.78, 5) is 14.7. The van der Waals surface area contributed by atoms with Gasteiger partial charge < -0.3 is 4.90 Å². The van der Waals surface area contributed by atoms with E-state index in [1.54, 1.807) is 4.90 Å². The summed E-state index contributed by atoms with van der Waals surface area (Å²) in [5.74, 6) is -0.186. The zero-order valence-corrected chi connectivity index (χ0v) is 18.1. The largest absolute Gasteiger partial charge is 0.336 e. The highest BCUT2D eigenvalue weighted by Crippen LogP contribution is 2.27. The normalized spacial score (nSPS) is 15.3. The molecule has 30 heavy (non-hydrogen) atoms. The number of carbonyl (C=O) groups is 1. The number of hydrogen-bond acceptors (Lipinski definition) is 4. The van der Waals surface area contributed by atoms with E-state index >= 15 is 0 Å². The van der Waals surface area contributed by atoms with Crippen LogP contribution < -0.4 is 0 Å². The zero-order chi connectivity index (χ0) is 21.3. The molecule has 7 nitrogen and oxygen atoms in total. The zero-order valence-electron chi connectivity index (χ0n) is 15.8. The second-order valence-corrected chi connectivity index (χ2v) is 9.55. The van der Waals surface area contributed by atoms with Gasteiger partial charge in [-0.25, -0.2) is 8.42 Å². The van der Waals surface area contributed by atoms with Crippen molar-refractivity contribution in [2.24, 2.45) is 0 Å². The first-order valence-electron chi connectivity index (χ1n) is 9.21. The number of amides is 1. The van der Waals surface area contributed by atoms with Crippen LogP contribution in [0, 0.1) is 0 Å². The van der Waals surface area contributed by atoms with Gasteiger partial charge in [0.05, 0.1) is 32.4 Å². The van der Waals surface area contributed by atoms with Crippen molar-refractivity contribution < 1.29 is 13.2 Å². The number of hydrogen-bond donors (Lipinski definition) is 1. The van der Waals surface area contributed by atoms with Crippen molar-refractivity contribution in [2.75, 3.05) is 26.2 Å². The maximum atomic E-state index is 13.0. The molecule has 1 N–H and O–H groups in total. The molecule has 0 spiro atoms. The molecule has 156 valence electrons. The van der Waals surface area contributed by atoms with Gasteiger partial charge in [-0.15, -0.1) is 0 Å². The molecule has 4 rings (SSSR count). The minimum atomic E-state index is -3.72. The van der Waals surface area contributed by atoms with Crippen molar-refractivity contribution in [1.82, 2.24) is 19.4 Å². The summed E-state index contributed by atoms with van der Waals surface area (Å²) < 4.78 is 27.2. The Hall–Kier alpha value is -2.39. The monoisotopic (exact) mass is 464 g/mol. The van der Waals surface area contributed by atoms with Crippen molar-refractivity contribution in [2.45, 2.75) is 4.90 Å². The molecule has 0 atom stereocenters. The number of aromatic nitrogens is 2. The fourth-order valence-corrected chi connectivity index (χ4v) is 5.17. The third-order valence-electron chi connectivity index (χ3n) is 4.99. The summed E-state index contributed by atoms with van der Waals surface area (Å²) in [7, 11) is -3.72. The molecule has 1 saturated heterocycles. The topological polar surface area (TPSA) is 86.4 Å². The number of sulfonamides is 1. The van der Waals surface area contributed by atoms with Gasteiger partial charge >= 0.3 is 0 Å². The Bertz CT molecular complexity index is 1170. The number of benzene rings is 2. The third kappa shape index (κ3) is 3.96. The lowest BCUT2D eigenvalue weighted by molar-refractivity contribution is 0.0698. The second-order valence-electron chi connectivity index (χ2n) is 6.80. The fourth-order valence-electron chi connectivity index (χ4n) is 3.36. The Kier molecular flexibility index (Phi) is 5.84. The number of carbonyl (C=O) groups excluding carboxylic acids is 1. The molecule has 1 aromatic heterocycles. The molecular formula is C20H18Cl2N4O3S. The van der Waals surface area contributed by atoms with Gasteiger partial charge in [-0.2, -0.15) is 9.40 Å². The van der Waals surface area contributed by atoms with Gasteiger partial charge in [0.25, 0.3) is 5.91 Å². The Morgan fingerprint density at radius 2 is 1.67 bits per heavy atom. The Morgan fingerprint density at radius 1 is 0.967 bits per heavy atom. The SMILES string of the molecule is O=C(c1cn[nH]c1-c1ccccc1)N1CCN(S(=O)(=O)c2ccc(Cl)c(Cl)c2)CC1. The van der Waals surface area contributed by atoms with Crippen LogP contribution in [0.25, 0.3) is 11.3 Å². The maximum Gasteiger partial charge on any atom is 0.257 e. The molecular weight excluding hydrogens is 447 g/mol.